The number of fused-ring (bicyclic) bond motifs is 1. The zero-order valence-corrected chi connectivity index (χ0v) is 7.41. The van der Waals surface area contributed by atoms with Crippen molar-refractivity contribution in [3.63, 3.8) is 0 Å². The minimum atomic E-state index is -0.131. The molecule has 1 aliphatic rings. The molecule has 13 heavy (non-hydrogen) atoms. The zero-order chi connectivity index (χ0) is 9.42. The van der Waals surface area contributed by atoms with Crippen molar-refractivity contribution >= 4 is 5.69 Å². The molecule has 1 aromatic rings. The van der Waals surface area contributed by atoms with Gasteiger partial charge in [-0.1, -0.05) is 0 Å². The molecule has 1 heterocycles. The molecule has 0 aromatic heterocycles. The number of rotatable bonds is 1. The highest BCUT2D eigenvalue weighted by Crippen LogP contribution is 2.41. The molecule has 1 aliphatic heterocycles. The lowest BCUT2D eigenvalue weighted by atomic mass is 10.1. The predicted octanol–water partition coefficient (Wildman–Crippen LogP) is 0.670. The summed E-state index contributed by atoms with van der Waals surface area (Å²) in [5.41, 5.74) is 13.0. The lowest BCUT2D eigenvalue weighted by molar-refractivity contribution is 0.334. The molecule has 4 heteroatoms. The van der Waals surface area contributed by atoms with Gasteiger partial charge in [0, 0.05) is 0 Å². The molecule has 0 bridgehead atoms. The second-order valence-corrected chi connectivity index (χ2v) is 3.02. The molecule has 1 unspecified atom stereocenters. The van der Waals surface area contributed by atoms with Crippen LogP contribution in [-0.4, -0.2) is 13.7 Å². The van der Waals surface area contributed by atoms with E-state index >= 15 is 0 Å². The maximum atomic E-state index is 5.83. The van der Waals surface area contributed by atoms with Crippen molar-refractivity contribution < 1.29 is 9.47 Å². The second-order valence-electron chi connectivity index (χ2n) is 3.02. The number of ether oxygens (including phenoxy) is 2. The molecular weight excluding hydrogens is 168 g/mol. The summed E-state index contributed by atoms with van der Waals surface area (Å²) in [4.78, 5) is 0. The van der Waals surface area contributed by atoms with Crippen molar-refractivity contribution in [1.82, 2.24) is 0 Å². The van der Waals surface area contributed by atoms with E-state index in [1.165, 1.54) is 0 Å². The van der Waals surface area contributed by atoms with Crippen LogP contribution in [0, 0.1) is 0 Å². The second kappa shape index (κ2) is 2.81. The number of nitrogen functional groups attached to an aromatic ring is 1. The van der Waals surface area contributed by atoms with Gasteiger partial charge in [0.15, 0.2) is 5.75 Å². The standard InChI is InChI=1S/C9H12N2O2/c1-12-7-3-2-5(10)9-8(7)6(11)4-13-9/h2-3,6H,4,10-11H2,1H3. The quantitative estimate of drug-likeness (QED) is 0.623. The predicted molar refractivity (Wildman–Crippen MR) is 49.8 cm³/mol. The van der Waals surface area contributed by atoms with Crippen LogP contribution in [0.5, 0.6) is 11.5 Å². The summed E-state index contributed by atoms with van der Waals surface area (Å²) < 4.78 is 10.5. The lowest BCUT2D eigenvalue weighted by Gasteiger charge is -2.09. The van der Waals surface area contributed by atoms with Crippen LogP contribution < -0.4 is 20.9 Å². The molecule has 1 atom stereocenters. The fraction of sp³-hybridized carbons (Fsp3) is 0.333. The molecule has 1 aromatic carbocycles. The minimum absolute atomic E-state index is 0.131. The highest BCUT2D eigenvalue weighted by molar-refractivity contribution is 5.64. The Labute approximate surface area is 76.4 Å². The van der Waals surface area contributed by atoms with Gasteiger partial charge < -0.3 is 20.9 Å². The van der Waals surface area contributed by atoms with Crippen LogP contribution >= 0.6 is 0 Å². The molecule has 70 valence electrons. The molecule has 0 fully saturated rings. The largest absolute Gasteiger partial charge is 0.496 e. The van der Waals surface area contributed by atoms with Crippen molar-refractivity contribution in [1.29, 1.82) is 0 Å². The molecule has 0 amide bonds. The topological polar surface area (TPSA) is 70.5 Å². The Kier molecular flexibility index (Phi) is 1.77. The fourth-order valence-corrected chi connectivity index (χ4v) is 1.54. The van der Waals surface area contributed by atoms with E-state index < -0.39 is 0 Å². The number of anilines is 1. The van der Waals surface area contributed by atoms with Crippen LogP contribution in [0.15, 0.2) is 12.1 Å². The van der Waals surface area contributed by atoms with Crippen molar-refractivity contribution in [2.24, 2.45) is 5.73 Å². The SMILES string of the molecule is COc1ccc(N)c2c1C(N)CO2. The molecule has 0 spiro atoms. The van der Waals surface area contributed by atoms with Gasteiger partial charge in [0.05, 0.1) is 24.4 Å². The number of benzene rings is 1. The zero-order valence-electron chi connectivity index (χ0n) is 7.41. The van der Waals surface area contributed by atoms with E-state index in [-0.39, 0.29) is 6.04 Å². The molecular formula is C9H12N2O2. The van der Waals surface area contributed by atoms with E-state index in [0.29, 0.717) is 18.0 Å². The van der Waals surface area contributed by atoms with Gasteiger partial charge in [-0.25, -0.2) is 0 Å². The van der Waals surface area contributed by atoms with E-state index in [0.717, 1.165) is 11.3 Å². The van der Waals surface area contributed by atoms with E-state index in [1.54, 1.807) is 13.2 Å². The number of methoxy groups -OCH3 is 1. The van der Waals surface area contributed by atoms with Gasteiger partial charge in [0.1, 0.15) is 12.4 Å². The van der Waals surface area contributed by atoms with Crippen molar-refractivity contribution in [2.45, 2.75) is 6.04 Å². The minimum Gasteiger partial charge on any atom is -0.496 e. The van der Waals surface area contributed by atoms with Gasteiger partial charge >= 0.3 is 0 Å². The van der Waals surface area contributed by atoms with Crippen LogP contribution in [0.25, 0.3) is 0 Å². The van der Waals surface area contributed by atoms with Crippen LogP contribution in [0.4, 0.5) is 5.69 Å². The Morgan fingerprint density at radius 3 is 3.00 bits per heavy atom. The molecule has 0 aliphatic carbocycles. The maximum absolute atomic E-state index is 5.83. The van der Waals surface area contributed by atoms with Crippen LogP contribution in [-0.2, 0) is 0 Å². The smallest absolute Gasteiger partial charge is 0.150 e. The third-order valence-corrected chi connectivity index (χ3v) is 2.18. The van der Waals surface area contributed by atoms with Crippen LogP contribution in [0.3, 0.4) is 0 Å². The fourth-order valence-electron chi connectivity index (χ4n) is 1.54. The van der Waals surface area contributed by atoms with Gasteiger partial charge in [0.2, 0.25) is 0 Å². The van der Waals surface area contributed by atoms with Gasteiger partial charge in [-0.15, -0.1) is 0 Å². The first kappa shape index (κ1) is 8.19. The summed E-state index contributed by atoms with van der Waals surface area (Å²) in [7, 11) is 1.61. The summed E-state index contributed by atoms with van der Waals surface area (Å²) in [5, 5.41) is 0. The summed E-state index contributed by atoms with van der Waals surface area (Å²) in [6, 6.07) is 3.44. The van der Waals surface area contributed by atoms with E-state index in [1.807, 2.05) is 6.07 Å². The summed E-state index contributed by atoms with van der Waals surface area (Å²) in [6.07, 6.45) is 0. The Morgan fingerprint density at radius 2 is 2.31 bits per heavy atom. The van der Waals surface area contributed by atoms with E-state index in [4.69, 9.17) is 20.9 Å². The highest BCUT2D eigenvalue weighted by atomic mass is 16.5. The third kappa shape index (κ3) is 1.10. The number of hydrogen-bond donors (Lipinski definition) is 2. The van der Waals surface area contributed by atoms with E-state index in [9.17, 15) is 0 Å². The molecule has 0 saturated carbocycles. The monoisotopic (exact) mass is 180 g/mol. The molecule has 4 nitrogen and oxygen atoms in total. The first-order valence-electron chi connectivity index (χ1n) is 4.08. The van der Waals surface area contributed by atoms with Crippen LogP contribution in [0.1, 0.15) is 11.6 Å². The molecule has 4 N–H and O–H groups in total. The average molecular weight is 180 g/mol. The number of hydrogen-bond acceptors (Lipinski definition) is 4. The van der Waals surface area contributed by atoms with Crippen molar-refractivity contribution in [3.8, 4) is 11.5 Å². The Bertz CT molecular complexity index is 339. The Balaban J connectivity index is 2.60. The first-order chi connectivity index (χ1) is 6.24. The number of nitrogens with two attached hydrogens (primary N) is 2. The van der Waals surface area contributed by atoms with Gasteiger partial charge in [-0.3, -0.25) is 0 Å². The van der Waals surface area contributed by atoms with Gasteiger partial charge in [0.25, 0.3) is 0 Å². The van der Waals surface area contributed by atoms with Gasteiger partial charge in [-0.2, -0.15) is 0 Å². The van der Waals surface area contributed by atoms with E-state index in [2.05, 4.69) is 0 Å². The first-order valence-corrected chi connectivity index (χ1v) is 4.08. The molecule has 2 rings (SSSR count). The van der Waals surface area contributed by atoms with Gasteiger partial charge in [-0.05, 0) is 12.1 Å². The Hall–Kier alpha value is -1.42. The van der Waals surface area contributed by atoms with Crippen LogP contribution in [0.2, 0.25) is 0 Å². The average Bonchev–Trinajstić information content (AvgIpc) is 2.51. The highest BCUT2D eigenvalue weighted by Gasteiger charge is 2.26. The maximum Gasteiger partial charge on any atom is 0.150 e. The molecule has 0 saturated heterocycles. The molecule has 0 radical (unpaired) electrons. The summed E-state index contributed by atoms with van der Waals surface area (Å²) in [5.74, 6) is 1.42. The van der Waals surface area contributed by atoms with Crippen molar-refractivity contribution in [3.05, 3.63) is 17.7 Å². The summed E-state index contributed by atoms with van der Waals surface area (Å²) >= 11 is 0. The third-order valence-electron chi connectivity index (χ3n) is 2.18. The lowest BCUT2D eigenvalue weighted by Crippen LogP contribution is -2.11. The summed E-state index contributed by atoms with van der Waals surface area (Å²) in [6.45, 7) is 0.472. The Morgan fingerprint density at radius 1 is 1.54 bits per heavy atom. The van der Waals surface area contributed by atoms with Crippen molar-refractivity contribution in [2.75, 3.05) is 19.5 Å². The normalized spacial score (nSPS) is 19.4.